The lowest BCUT2D eigenvalue weighted by Crippen LogP contribution is -2.27. The summed E-state index contributed by atoms with van der Waals surface area (Å²) in [6, 6.07) is 10.5. The molecule has 0 aliphatic rings. The number of carbonyl (C=O) groups is 1. The zero-order valence-electron chi connectivity index (χ0n) is 11.3. The highest BCUT2D eigenvalue weighted by Crippen LogP contribution is 2.24. The molecule has 1 atom stereocenters. The van der Waals surface area contributed by atoms with E-state index in [0.29, 0.717) is 10.7 Å². The minimum atomic E-state index is -0.272. The number of pyridine rings is 1. The van der Waals surface area contributed by atoms with Crippen LogP contribution in [-0.4, -0.2) is 18.0 Å². The Bertz CT molecular complexity index is 616. The highest BCUT2D eigenvalue weighted by Gasteiger charge is 2.15. The predicted molar refractivity (Wildman–Crippen MR) is 78.1 cm³/mol. The predicted octanol–water partition coefficient (Wildman–Crippen LogP) is 3.23. The molecule has 2 rings (SSSR count). The van der Waals surface area contributed by atoms with E-state index in [1.165, 1.54) is 12.3 Å². The van der Waals surface area contributed by atoms with Crippen LogP contribution in [0.15, 0.2) is 42.6 Å². The molecule has 1 aromatic carbocycles. The number of rotatable bonds is 4. The molecule has 0 bridgehead atoms. The fraction of sp³-hybridized carbons (Fsp3) is 0.200. The van der Waals surface area contributed by atoms with Crippen LogP contribution in [0.5, 0.6) is 5.75 Å². The standard InChI is InChI=1S/C15H15ClN2O2/c1-10(12-5-3-4-6-14(12)20-2)18-15(19)13-9-11(16)7-8-17-13/h3-10H,1-2H3,(H,18,19). The largest absolute Gasteiger partial charge is 0.496 e. The fourth-order valence-corrected chi connectivity index (χ4v) is 2.06. The van der Waals surface area contributed by atoms with Crippen molar-refractivity contribution in [1.82, 2.24) is 10.3 Å². The van der Waals surface area contributed by atoms with Gasteiger partial charge in [0.1, 0.15) is 11.4 Å². The highest BCUT2D eigenvalue weighted by molar-refractivity contribution is 6.30. The first-order chi connectivity index (χ1) is 9.61. The summed E-state index contributed by atoms with van der Waals surface area (Å²) in [7, 11) is 1.60. The van der Waals surface area contributed by atoms with Gasteiger partial charge in [0.25, 0.3) is 5.91 Å². The third kappa shape index (κ3) is 3.27. The number of nitrogens with one attached hydrogen (secondary N) is 1. The molecule has 104 valence electrons. The molecule has 4 nitrogen and oxygen atoms in total. The molecule has 0 spiro atoms. The molecule has 1 aromatic heterocycles. The Labute approximate surface area is 122 Å². The van der Waals surface area contributed by atoms with Gasteiger partial charge in [0.15, 0.2) is 0 Å². The number of ether oxygens (including phenoxy) is 1. The summed E-state index contributed by atoms with van der Waals surface area (Å²) in [6.45, 7) is 1.89. The average Bonchev–Trinajstić information content (AvgIpc) is 2.47. The lowest BCUT2D eigenvalue weighted by atomic mass is 10.1. The minimum Gasteiger partial charge on any atom is -0.496 e. The normalized spacial score (nSPS) is 11.8. The van der Waals surface area contributed by atoms with E-state index in [0.717, 1.165) is 11.3 Å². The highest BCUT2D eigenvalue weighted by atomic mass is 35.5. The maximum Gasteiger partial charge on any atom is 0.270 e. The Morgan fingerprint density at radius 2 is 2.10 bits per heavy atom. The van der Waals surface area contributed by atoms with E-state index in [-0.39, 0.29) is 11.9 Å². The van der Waals surface area contributed by atoms with Gasteiger partial charge in [-0.1, -0.05) is 29.8 Å². The molecule has 0 aliphatic carbocycles. The van der Waals surface area contributed by atoms with E-state index in [1.54, 1.807) is 13.2 Å². The first kappa shape index (κ1) is 14.3. The van der Waals surface area contributed by atoms with Gasteiger partial charge in [0.2, 0.25) is 0 Å². The van der Waals surface area contributed by atoms with Gasteiger partial charge in [-0.2, -0.15) is 0 Å². The lowest BCUT2D eigenvalue weighted by molar-refractivity contribution is 0.0934. The van der Waals surface area contributed by atoms with Crippen LogP contribution in [0, 0.1) is 0 Å². The van der Waals surface area contributed by atoms with Gasteiger partial charge in [-0.05, 0) is 25.1 Å². The van der Waals surface area contributed by atoms with Crippen LogP contribution in [-0.2, 0) is 0 Å². The van der Waals surface area contributed by atoms with Crippen molar-refractivity contribution in [3.05, 3.63) is 58.9 Å². The summed E-state index contributed by atoms with van der Waals surface area (Å²) < 4.78 is 5.28. The van der Waals surface area contributed by atoms with Crippen LogP contribution in [0.3, 0.4) is 0 Å². The number of hydrogen-bond acceptors (Lipinski definition) is 3. The lowest BCUT2D eigenvalue weighted by Gasteiger charge is -2.17. The second kappa shape index (κ2) is 6.39. The molecule has 0 aliphatic heterocycles. The smallest absolute Gasteiger partial charge is 0.270 e. The van der Waals surface area contributed by atoms with E-state index in [4.69, 9.17) is 16.3 Å². The number of methoxy groups -OCH3 is 1. The average molecular weight is 291 g/mol. The molecule has 5 heteroatoms. The fourth-order valence-electron chi connectivity index (χ4n) is 1.90. The van der Waals surface area contributed by atoms with E-state index in [2.05, 4.69) is 10.3 Å². The third-order valence-electron chi connectivity index (χ3n) is 2.91. The van der Waals surface area contributed by atoms with Crippen molar-refractivity contribution in [2.45, 2.75) is 13.0 Å². The van der Waals surface area contributed by atoms with Crippen molar-refractivity contribution >= 4 is 17.5 Å². The van der Waals surface area contributed by atoms with Crippen LogP contribution in [0.25, 0.3) is 0 Å². The van der Waals surface area contributed by atoms with Crippen LogP contribution in [0.4, 0.5) is 0 Å². The number of carbonyl (C=O) groups excluding carboxylic acids is 1. The van der Waals surface area contributed by atoms with Gasteiger partial charge in [0, 0.05) is 16.8 Å². The molecule has 2 aromatic rings. The molecule has 20 heavy (non-hydrogen) atoms. The van der Waals surface area contributed by atoms with Crippen molar-refractivity contribution in [3.8, 4) is 5.75 Å². The Morgan fingerprint density at radius 3 is 2.80 bits per heavy atom. The van der Waals surface area contributed by atoms with Gasteiger partial charge in [-0.3, -0.25) is 9.78 Å². The Balaban J connectivity index is 2.15. The molecule has 0 fully saturated rings. The first-order valence-electron chi connectivity index (χ1n) is 6.17. The topological polar surface area (TPSA) is 51.2 Å². The number of amides is 1. The molecule has 0 saturated carbocycles. The third-order valence-corrected chi connectivity index (χ3v) is 3.14. The second-order valence-corrected chi connectivity index (χ2v) is 4.73. The maximum atomic E-state index is 12.1. The number of hydrogen-bond donors (Lipinski definition) is 1. The van der Waals surface area contributed by atoms with Crippen molar-refractivity contribution < 1.29 is 9.53 Å². The number of benzene rings is 1. The van der Waals surface area contributed by atoms with E-state index >= 15 is 0 Å². The number of nitrogens with zero attached hydrogens (tertiary/aromatic N) is 1. The summed E-state index contributed by atoms with van der Waals surface area (Å²) in [5.41, 5.74) is 1.20. The van der Waals surface area contributed by atoms with Crippen molar-refractivity contribution in [3.63, 3.8) is 0 Å². The molecule has 1 heterocycles. The SMILES string of the molecule is COc1ccccc1C(C)NC(=O)c1cc(Cl)ccn1. The van der Waals surface area contributed by atoms with Crippen LogP contribution in [0.2, 0.25) is 5.02 Å². The monoisotopic (exact) mass is 290 g/mol. The van der Waals surface area contributed by atoms with Gasteiger partial charge in [0.05, 0.1) is 13.2 Å². The second-order valence-electron chi connectivity index (χ2n) is 4.30. The molecule has 1 amide bonds. The van der Waals surface area contributed by atoms with Crippen LogP contribution < -0.4 is 10.1 Å². The molecular weight excluding hydrogens is 276 g/mol. The van der Waals surface area contributed by atoms with Gasteiger partial charge < -0.3 is 10.1 Å². The first-order valence-corrected chi connectivity index (χ1v) is 6.55. The summed E-state index contributed by atoms with van der Waals surface area (Å²) >= 11 is 5.85. The van der Waals surface area contributed by atoms with E-state index in [1.807, 2.05) is 31.2 Å². The summed E-state index contributed by atoms with van der Waals surface area (Å²) in [5.74, 6) is 0.463. The Morgan fingerprint density at radius 1 is 1.35 bits per heavy atom. The van der Waals surface area contributed by atoms with Crippen LogP contribution >= 0.6 is 11.6 Å². The summed E-state index contributed by atoms with van der Waals surface area (Å²) in [6.07, 6.45) is 1.50. The number of para-hydroxylation sites is 1. The van der Waals surface area contributed by atoms with Crippen molar-refractivity contribution in [2.75, 3.05) is 7.11 Å². The number of aromatic nitrogens is 1. The molecule has 0 saturated heterocycles. The summed E-state index contributed by atoms with van der Waals surface area (Å²) in [4.78, 5) is 16.1. The molecule has 0 radical (unpaired) electrons. The molecule has 1 unspecified atom stereocenters. The minimum absolute atomic E-state index is 0.195. The zero-order valence-corrected chi connectivity index (χ0v) is 12.0. The Kier molecular flexibility index (Phi) is 4.58. The summed E-state index contributed by atoms with van der Waals surface area (Å²) in [5, 5.41) is 3.36. The van der Waals surface area contributed by atoms with Gasteiger partial charge >= 0.3 is 0 Å². The van der Waals surface area contributed by atoms with Crippen molar-refractivity contribution in [1.29, 1.82) is 0 Å². The number of halogens is 1. The van der Waals surface area contributed by atoms with Gasteiger partial charge in [-0.15, -0.1) is 0 Å². The van der Waals surface area contributed by atoms with Crippen LogP contribution in [0.1, 0.15) is 29.0 Å². The quantitative estimate of drug-likeness (QED) is 0.940. The van der Waals surface area contributed by atoms with E-state index < -0.39 is 0 Å². The van der Waals surface area contributed by atoms with Gasteiger partial charge in [-0.25, -0.2) is 0 Å². The zero-order chi connectivity index (χ0) is 14.5. The van der Waals surface area contributed by atoms with E-state index in [9.17, 15) is 4.79 Å². The molecule has 1 N–H and O–H groups in total. The van der Waals surface area contributed by atoms with Crippen molar-refractivity contribution in [2.24, 2.45) is 0 Å². The Hall–Kier alpha value is -2.07. The molecular formula is C15H15ClN2O2. The maximum absolute atomic E-state index is 12.1.